The Hall–Kier alpha value is -2.93. The minimum Gasteiger partial charge on any atom is -0.545 e. The number of nitrogens with one attached hydrogen (secondary N) is 1. The molecule has 0 atom stereocenters. The summed E-state index contributed by atoms with van der Waals surface area (Å²) < 4.78 is 5.70. The van der Waals surface area contributed by atoms with Gasteiger partial charge in [-0.1, -0.05) is 25.1 Å². The van der Waals surface area contributed by atoms with Crippen LogP contribution < -0.4 is 10.4 Å². The third kappa shape index (κ3) is 3.46. The highest BCUT2D eigenvalue weighted by Crippen LogP contribution is 2.25. The van der Waals surface area contributed by atoms with Gasteiger partial charge in [-0.15, -0.1) is 0 Å². The van der Waals surface area contributed by atoms with Gasteiger partial charge in [0.2, 0.25) is 0 Å². The van der Waals surface area contributed by atoms with E-state index in [4.69, 9.17) is 16.6 Å². The molecule has 128 valence electrons. The molecule has 6 nitrogen and oxygen atoms in total. The third-order valence-electron chi connectivity index (χ3n) is 3.71. The Morgan fingerprint density at radius 3 is 2.88 bits per heavy atom. The van der Waals surface area contributed by atoms with E-state index in [2.05, 4.69) is 5.32 Å². The lowest BCUT2D eigenvalue weighted by Gasteiger charge is -2.11. The number of thiocarbonyl (C=S) groups is 1. The predicted octanol–water partition coefficient (Wildman–Crippen LogP) is 1.78. The minimum absolute atomic E-state index is 0.0713. The number of benzene rings is 1. The van der Waals surface area contributed by atoms with Gasteiger partial charge in [-0.25, -0.2) is 0 Å². The summed E-state index contributed by atoms with van der Waals surface area (Å²) in [4.78, 5) is 24.8. The summed E-state index contributed by atoms with van der Waals surface area (Å²) in [5, 5.41) is 14.2. The van der Waals surface area contributed by atoms with Crippen LogP contribution in [0.15, 0.2) is 46.5 Å². The smallest absolute Gasteiger partial charge is 0.276 e. The molecule has 1 aromatic heterocycles. The van der Waals surface area contributed by atoms with Crippen molar-refractivity contribution in [2.75, 3.05) is 6.54 Å². The number of carboxylic acid groups (broad SMARTS) is 1. The minimum atomic E-state index is -1.25. The summed E-state index contributed by atoms with van der Waals surface area (Å²) in [7, 11) is 0. The molecular weight excluding hydrogens is 340 g/mol. The number of rotatable bonds is 5. The first kappa shape index (κ1) is 16.9. The van der Waals surface area contributed by atoms with Crippen LogP contribution in [0.1, 0.15) is 29.5 Å². The molecule has 25 heavy (non-hydrogen) atoms. The molecule has 0 saturated carbocycles. The van der Waals surface area contributed by atoms with Crippen molar-refractivity contribution in [1.29, 1.82) is 0 Å². The number of carboxylic acids is 1. The van der Waals surface area contributed by atoms with Gasteiger partial charge in [0.1, 0.15) is 17.2 Å². The predicted molar refractivity (Wildman–Crippen MR) is 94.2 cm³/mol. The summed E-state index contributed by atoms with van der Waals surface area (Å²) in [6, 6.07) is 9.69. The van der Waals surface area contributed by atoms with Gasteiger partial charge in [0, 0.05) is 18.2 Å². The number of nitrogens with zero attached hydrogens (tertiary/aromatic N) is 1. The molecule has 3 rings (SSSR count). The molecule has 0 radical (unpaired) electrons. The second-order valence-corrected chi connectivity index (χ2v) is 5.90. The van der Waals surface area contributed by atoms with Crippen LogP contribution in [0.5, 0.6) is 0 Å². The van der Waals surface area contributed by atoms with Crippen LogP contribution >= 0.6 is 12.2 Å². The summed E-state index contributed by atoms with van der Waals surface area (Å²) in [6.07, 6.45) is 2.39. The van der Waals surface area contributed by atoms with Crippen LogP contribution in [0.2, 0.25) is 0 Å². The molecule has 0 spiro atoms. The van der Waals surface area contributed by atoms with E-state index in [0.717, 1.165) is 6.42 Å². The molecule has 1 fully saturated rings. The Bertz CT molecular complexity index is 885. The second kappa shape index (κ2) is 6.90. The largest absolute Gasteiger partial charge is 0.545 e. The molecule has 1 amide bonds. The van der Waals surface area contributed by atoms with Crippen molar-refractivity contribution < 1.29 is 19.1 Å². The van der Waals surface area contributed by atoms with E-state index >= 15 is 0 Å². The highest BCUT2D eigenvalue weighted by molar-refractivity contribution is 7.80. The molecule has 0 aliphatic carbocycles. The van der Waals surface area contributed by atoms with E-state index in [1.165, 1.54) is 17.0 Å². The molecule has 1 aliphatic heterocycles. The van der Waals surface area contributed by atoms with Gasteiger partial charge >= 0.3 is 0 Å². The monoisotopic (exact) mass is 355 g/mol. The number of amides is 1. The van der Waals surface area contributed by atoms with Gasteiger partial charge in [-0.2, -0.15) is 0 Å². The Morgan fingerprint density at radius 2 is 2.16 bits per heavy atom. The highest BCUT2D eigenvalue weighted by atomic mass is 32.1. The van der Waals surface area contributed by atoms with Gasteiger partial charge in [0.15, 0.2) is 5.11 Å². The molecule has 1 N–H and O–H groups in total. The molecule has 2 aromatic rings. The van der Waals surface area contributed by atoms with Crippen molar-refractivity contribution >= 4 is 35.3 Å². The number of aromatic carboxylic acids is 1. The van der Waals surface area contributed by atoms with Crippen LogP contribution in [-0.4, -0.2) is 28.4 Å². The molecule has 7 heteroatoms. The Morgan fingerprint density at radius 1 is 1.36 bits per heavy atom. The lowest BCUT2D eigenvalue weighted by Crippen LogP contribution is -2.31. The van der Waals surface area contributed by atoms with Gasteiger partial charge in [0.05, 0.1) is 5.97 Å². The average Bonchev–Trinajstić information content (AvgIpc) is 3.16. The van der Waals surface area contributed by atoms with Crippen molar-refractivity contribution in [2.45, 2.75) is 13.3 Å². The maximum absolute atomic E-state index is 12.3. The van der Waals surface area contributed by atoms with Gasteiger partial charge < -0.3 is 19.6 Å². The number of hydrogen-bond donors (Lipinski definition) is 1. The standard InChI is InChI=1S/C18H16N2O4S/c1-2-8-20-16(21)14(19-18(20)25)10-13-6-7-15(24-13)11-4-3-5-12(9-11)17(22)23/h3-7,9-10H,2,8H2,1H3,(H,19,25)(H,22,23)/p-1/b14-10-. The van der Waals surface area contributed by atoms with Crippen LogP contribution in [0.4, 0.5) is 0 Å². The van der Waals surface area contributed by atoms with Crippen molar-refractivity contribution in [1.82, 2.24) is 10.2 Å². The first-order valence-electron chi connectivity index (χ1n) is 7.75. The number of furan rings is 1. The zero-order chi connectivity index (χ0) is 18.0. The molecule has 1 aromatic carbocycles. The summed E-state index contributed by atoms with van der Waals surface area (Å²) in [5.41, 5.74) is 1.03. The fraction of sp³-hybridized carbons (Fsp3) is 0.167. The van der Waals surface area contributed by atoms with E-state index in [1.807, 2.05) is 6.92 Å². The normalized spacial score (nSPS) is 15.7. The van der Waals surface area contributed by atoms with E-state index in [0.29, 0.717) is 34.4 Å². The molecule has 0 unspecified atom stereocenters. The first-order valence-corrected chi connectivity index (χ1v) is 8.16. The van der Waals surface area contributed by atoms with Crippen molar-refractivity contribution in [2.24, 2.45) is 0 Å². The fourth-order valence-corrected chi connectivity index (χ4v) is 2.81. The van der Waals surface area contributed by atoms with E-state index in [1.54, 1.807) is 30.3 Å². The van der Waals surface area contributed by atoms with Gasteiger partial charge in [0.25, 0.3) is 5.91 Å². The summed E-state index contributed by atoms with van der Waals surface area (Å²) in [5.74, 6) is -0.482. The molecule has 2 heterocycles. The first-order chi connectivity index (χ1) is 12.0. The van der Waals surface area contributed by atoms with Crippen molar-refractivity contribution in [3.63, 3.8) is 0 Å². The van der Waals surface area contributed by atoms with Crippen LogP contribution in [-0.2, 0) is 4.79 Å². The maximum atomic E-state index is 12.3. The lowest BCUT2D eigenvalue weighted by molar-refractivity contribution is -0.255. The van der Waals surface area contributed by atoms with Gasteiger partial charge in [-0.3, -0.25) is 9.69 Å². The zero-order valence-electron chi connectivity index (χ0n) is 13.4. The Kier molecular flexibility index (Phi) is 4.67. The van der Waals surface area contributed by atoms with E-state index < -0.39 is 5.97 Å². The SMILES string of the molecule is CCCN1C(=O)/C(=C/c2ccc(-c3cccc(C(=O)[O-])c3)o2)NC1=S. The Balaban J connectivity index is 1.85. The molecule has 1 aliphatic rings. The van der Waals surface area contributed by atoms with Crippen LogP contribution in [0.25, 0.3) is 17.4 Å². The highest BCUT2D eigenvalue weighted by Gasteiger charge is 2.29. The number of carbonyl (C=O) groups excluding carboxylic acids is 2. The lowest BCUT2D eigenvalue weighted by atomic mass is 10.1. The van der Waals surface area contributed by atoms with Crippen molar-refractivity contribution in [3.8, 4) is 11.3 Å². The third-order valence-corrected chi connectivity index (χ3v) is 4.03. The van der Waals surface area contributed by atoms with Crippen LogP contribution in [0.3, 0.4) is 0 Å². The number of hydrogen-bond acceptors (Lipinski definition) is 5. The number of carbonyl (C=O) groups is 2. The Labute approximate surface area is 149 Å². The second-order valence-electron chi connectivity index (χ2n) is 5.52. The zero-order valence-corrected chi connectivity index (χ0v) is 14.3. The molecule has 1 saturated heterocycles. The molecule has 0 bridgehead atoms. The van der Waals surface area contributed by atoms with Crippen LogP contribution in [0, 0.1) is 0 Å². The van der Waals surface area contributed by atoms with E-state index in [-0.39, 0.29) is 11.5 Å². The quantitative estimate of drug-likeness (QED) is 0.650. The van der Waals surface area contributed by atoms with Gasteiger partial charge in [-0.05, 0) is 42.4 Å². The fourth-order valence-electron chi connectivity index (χ4n) is 2.53. The maximum Gasteiger partial charge on any atom is 0.276 e. The molecular formula is C18H15N2O4S-. The summed E-state index contributed by atoms with van der Waals surface area (Å²) >= 11 is 5.16. The van der Waals surface area contributed by atoms with E-state index in [9.17, 15) is 14.7 Å². The summed E-state index contributed by atoms with van der Waals surface area (Å²) in [6.45, 7) is 2.53. The topological polar surface area (TPSA) is 85.6 Å². The average molecular weight is 355 g/mol. The van der Waals surface area contributed by atoms with Crippen molar-refractivity contribution in [3.05, 3.63) is 53.4 Å².